The lowest BCUT2D eigenvalue weighted by Gasteiger charge is -2.21. The first-order chi connectivity index (χ1) is 9.56. The normalized spacial score (nSPS) is 24.8. The van der Waals surface area contributed by atoms with E-state index in [9.17, 15) is 14.7 Å². The van der Waals surface area contributed by atoms with Crippen LogP contribution in [-0.4, -0.2) is 45.7 Å². The highest BCUT2D eigenvalue weighted by Gasteiger charge is 2.39. The summed E-state index contributed by atoms with van der Waals surface area (Å²) in [6, 6.07) is 4.66. The molecule has 0 bridgehead atoms. The van der Waals surface area contributed by atoms with E-state index in [-0.39, 0.29) is 18.9 Å². The van der Waals surface area contributed by atoms with E-state index < -0.39 is 18.1 Å². The molecule has 0 aromatic heterocycles. The van der Waals surface area contributed by atoms with Crippen molar-refractivity contribution in [3.05, 3.63) is 34.9 Å². The van der Waals surface area contributed by atoms with Crippen LogP contribution in [0.5, 0.6) is 0 Å². The number of aliphatic hydroxyl groups excluding tert-OH is 1. The summed E-state index contributed by atoms with van der Waals surface area (Å²) in [4.78, 5) is 24.9. The zero-order valence-corrected chi connectivity index (χ0v) is 11.1. The Labute approximate surface area is 116 Å². The van der Waals surface area contributed by atoms with Crippen LogP contribution >= 0.6 is 0 Å². The molecule has 0 radical (unpaired) electrons. The third-order valence-corrected chi connectivity index (χ3v) is 4.17. The Balaban J connectivity index is 1.86. The van der Waals surface area contributed by atoms with Crippen LogP contribution in [-0.2, 0) is 17.6 Å². The number of carboxylic acids is 1. The van der Waals surface area contributed by atoms with Crippen LogP contribution in [0, 0.1) is 0 Å². The molecule has 5 heteroatoms. The number of amides is 1. The molecule has 0 saturated carbocycles. The van der Waals surface area contributed by atoms with Gasteiger partial charge in [0.05, 0.1) is 6.10 Å². The molecule has 0 spiro atoms. The van der Waals surface area contributed by atoms with Crippen molar-refractivity contribution in [2.75, 3.05) is 6.54 Å². The number of β-amino-alcohol motifs (C(OH)–C–C–N with tert-alkyl or cyclic N) is 1. The third-order valence-electron chi connectivity index (χ3n) is 4.17. The summed E-state index contributed by atoms with van der Waals surface area (Å²) in [5.41, 5.74) is 2.98. The predicted molar refractivity (Wildman–Crippen MR) is 71.6 cm³/mol. The number of aryl methyl sites for hydroxylation is 2. The number of aliphatic carboxylic acids is 1. The molecule has 2 atom stereocenters. The first kappa shape index (κ1) is 13.1. The van der Waals surface area contributed by atoms with E-state index in [0.717, 1.165) is 19.3 Å². The largest absolute Gasteiger partial charge is 0.480 e. The molecule has 1 aliphatic carbocycles. The van der Waals surface area contributed by atoms with E-state index in [0.29, 0.717) is 5.56 Å². The van der Waals surface area contributed by atoms with Crippen molar-refractivity contribution in [2.24, 2.45) is 0 Å². The molecule has 0 unspecified atom stereocenters. The molecule has 1 heterocycles. The number of carbonyl (C=O) groups excluding carboxylic acids is 1. The second-order valence-electron chi connectivity index (χ2n) is 5.54. The van der Waals surface area contributed by atoms with Crippen molar-refractivity contribution < 1.29 is 19.8 Å². The molecular weight excluding hydrogens is 258 g/mol. The van der Waals surface area contributed by atoms with Gasteiger partial charge in [-0.3, -0.25) is 4.79 Å². The average molecular weight is 275 g/mol. The van der Waals surface area contributed by atoms with Gasteiger partial charge in [-0.15, -0.1) is 0 Å². The van der Waals surface area contributed by atoms with E-state index in [1.807, 2.05) is 12.1 Å². The van der Waals surface area contributed by atoms with Crippen LogP contribution in [0.15, 0.2) is 18.2 Å². The predicted octanol–water partition coefficient (Wildman–Crippen LogP) is 0.835. The number of hydrogen-bond acceptors (Lipinski definition) is 3. The maximum atomic E-state index is 12.5. The number of nitrogens with zero attached hydrogens (tertiary/aromatic N) is 1. The molecule has 20 heavy (non-hydrogen) atoms. The maximum absolute atomic E-state index is 12.5. The van der Waals surface area contributed by atoms with Crippen molar-refractivity contribution in [3.8, 4) is 0 Å². The minimum absolute atomic E-state index is 0.0902. The third kappa shape index (κ3) is 2.18. The highest BCUT2D eigenvalue weighted by molar-refractivity contribution is 5.97. The molecule has 1 amide bonds. The lowest BCUT2D eigenvalue weighted by atomic mass is 10.1. The van der Waals surface area contributed by atoms with Gasteiger partial charge in [0.25, 0.3) is 5.91 Å². The fraction of sp³-hybridized carbons (Fsp3) is 0.467. The van der Waals surface area contributed by atoms with Gasteiger partial charge in [-0.25, -0.2) is 4.79 Å². The van der Waals surface area contributed by atoms with E-state index in [1.165, 1.54) is 16.0 Å². The van der Waals surface area contributed by atoms with E-state index >= 15 is 0 Å². The van der Waals surface area contributed by atoms with Crippen molar-refractivity contribution in [2.45, 2.75) is 37.8 Å². The summed E-state index contributed by atoms with van der Waals surface area (Å²) < 4.78 is 0. The monoisotopic (exact) mass is 275 g/mol. The number of aliphatic hydroxyl groups is 1. The molecule has 3 rings (SSSR count). The summed E-state index contributed by atoms with van der Waals surface area (Å²) in [7, 11) is 0. The summed E-state index contributed by atoms with van der Waals surface area (Å²) in [6.45, 7) is 0.0902. The standard InChI is InChI=1S/C15H17NO4/c17-12-7-13(15(19)20)16(8-12)14(18)11-5-4-9-2-1-3-10(9)6-11/h4-6,12-13,17H,1-3,7-8H2,(H,19,20)/t12-,13-/m1/s1. The topological polar surface area (TPSA) is 77.8 Å². The highest BCUT2D eigenvalue weighted by Crippen LogP contribution is 2.25. The van der Waals surface area contributed by atoms with Crippen molar-refractivity contribution >= 4 is 11.9 Å². The molecule has 1 fully saturated rings. The van der Waals surface area contributed by atoms with Gasteiger partial charge in [-0.1, -0.05) is 6.07 Å². The van der Waals surface area contributed by atoms with Crippen LogP contribution in [0.25, 0.3) is 0 Å². The van der Waals surface area contributed by atoms with Crippen LogP contribution < -0.4 is 0 Å². The number of hydrogen-bond donors (Lipinski definition) is 2. The van der Waals surface area contributed by atoms with Gasteiger partial charge in [0.15, 0.2) is 0 Å². The summed E-state index contributed by atoms with van der Waals surface area (Å²) >= 11 is 0. The van der Waals surface area contributed by atoms with Gasteiger partial charge in [0.2, 0.25) is 0 Å². The van der Waals surface area contributed by atoms with Crippen molar-refractivity contribution in [1.29, 1.82) is 0 Å². The summed E-state index contributed by atoms with van der Waals surface area (Å²) in [6.07, 6.45) is 2.47. The molecule has 1 aromatic carbocycles. The molecule has 1 aromatic rings. The minimum atomic E-state index is -1.06. The molecule has 2 aliphatic rings. The molecule has 5 nitrogen and oxygen atoms in total. The zero-order chi connectivity index (χ0) is 14.3. The van der Waals surface area contributed by atoms with Gasteiger partial charge < -0.3 is 15.1 Å². The Kier molecular flexibility index (Phi) is 3.22. The van der Waals surface area contributed by atoms with E-state index in [4.69, 9.17) is 5.11 Å². The van der Waals surface area contributed by atoms with Crippen LogP contribution in [0.4, 0.5) is 0 Å². The average Bonchev–Trinajstić information content (AvgIpc) is 3.02. The number of carbonyl (C=O) groups is 2. The number of fused-ring (bicyclic) bond motifs is 1. The van der Waals surface area contributed by atoms with Crippen LogP contribution in [0.2, 0.25) is 0 Å². The summed E-state index contributed by atoms with van der Waals surface area (Å²) in [5, 5.41) is 18.8. The molecule has 1 saturated heterocycles. The smallest absolute Gasteiger partial charge is 0.326 e. The minimum Gasteiger partial charge on any atom is -0.480 e. The number of rotatable bonds is 2. The van der Waals surface area contributed by atoms with Gasteiger partial charge in [0, 0.05) is 18.5 Å². The fourth-order valence-corrected chi connectivity index (χ4v) is 3.14. The van der Waals surface area contributed by atoms with E-state index in [1.54, 1.807) is 6.07 Å². The Hall–Kier alpha value is -1.88. The number of benzene rings is 1. The second kappa shape index (κ2) is 4.90. The highest BCUT2D eigenvalue weighted by atomic mass is 16.4. The number of carboxylic acid groups (broad SMARTS) is 1. The van der Waals surface area contributed by atoms with Gasteiger partial charge in [-0.2, -0.15) is 0 Å². The Bertz CT molecular complexity index is 569. The van der Waals surface area contributed by atoms with Crippen LogP contribution in [0.3, 0.4) is 0 Å². The van der Waals surface area contributed by atoms with Gasteiger partial charge in [-0.05, 0) is 42.5 Å². The SMILES string of the molecule is O=C(O)[C@H]1C[C@@H](O)CN1C(=O)c1ccc2c(c1)CCC2. The number of likely N-dealkylation sites (tertiary alicyclic amines) is 1. The van der Waals surface area contributed by atoms with Crippen molar-refractivity contribution in [3.63, 3.8) is 0 Å². The molecule has 1 aliphatic heterocycles. The lowest BCUT2D eigenvalue weighted by Crippen LogP contribution is -2.40. The fourth-order valence-electron chi connectivity index (χ4n) is 3.14. The summed E-state index contributed by atoms with van der Waals surface area (Å²) in [5.74, 6) is -1.36. The van der Waals surface area contributed by atoms with E-state index in [2.05, 4.69) is 0 Å². The zero-order valence-electron chi connectivity index (χ0n) is 11.1. The first-order valence-corrected chi connectivity index (χ1v) is 6.90. The van der Waals surface area contributed by atoms with Crippen LogP contribution in [0.1, 0.15) is 34.3 Å². The Morgan fingerprint density at radius 1 is 1.20 bits per heavy atom. The second-order valence-corrected chi connectivity index (χ2v) is 5.54. The first-order valence-electron chi connectivity index (χ1n) is 6.90. The molecular formula is C15H17NO4. The van der Waals surface area contributed by atoms with Gasteiger partial charge in [0.1, 0.15) is 6.04 Å². The molecule has 106 valence electrons. The van der Waals surface area contributed by atoms with Crippen molar-refractivity contribution in [1.82, 2.24) is 4.90 Å². The Morgan fingerprint density at radius 2 is 1.95 bits per heavy atom. The maximum Gasteiger partial charge on any atom is 0.326 e. The molecule has 2 N–H and O–H groups in total. The lowest BCUT2D eigenvalue weighted by molar-refractivity contribution is -0.141. The quantitative estimate of drug-likeness (QED) is 0.838. The Morgan fingerprint density at radius 3 is 2.70 bits per heavy atom. The van der Waals surface area contributed by atoms with Gasteiger partial charge >= 0.3 is 5.97 Å².